The first kappa shape index (κ1) is 27.7. The fourth-order valence-corrected chi connectivity index (χ4v) is 2.95. The summed E-state index contributed by atoms with van der Waals surface area (Å²) in [6.07, 6.45) is 1.38. The molecule has 0 aromatic heterocycles. The lowest BCUT2D eigenvalue weighted by Crippen LogP contribution is -2.53. The number of hydrogen-bond acceptors (Lipinski definition) is 7. The standard InChI is InChI=1S/C25H38O7/c1-9-10-20(21(26)31-23(2,3)4)25(28,22(27)32-24(5,6)7)15-16-30-17-18-11-13-19(29-8)14-12-18/h9,11-14,20,28H,1,10,15-17H2,2-8H3/t20-,25-/m0/s1. The fraction of sp³-hybridized carbons (Fsp3) is 0.600. The summed E-state index contributed by atoms with van der Waals surface area (Å²) in [7, 11) is 1.59. The molecule has 0 spiro atoms. The molecule has 7 nitrogen and oxygen atoms in total. The van der Waals surface area contributed by atoms with Gasteiger partial charge in [0.05, 0.1) is 26.2 Å². The minimum absolute atomic E-state index is 0.0260. The van der Waals surface area contributed by atoms with Gasteiger partial charge in [0, 0.05) is 6.42 Å². The van der Waals surface area contributed by atoms with Crippen LogP contribution in [0.2, 0.25) is 0 Å². The summed E-state index contributed by atoms with van der Waals surface area (Å²) in [5.74, 6) is -2.03. The number of rotatable bonds is 11. The van der Waals surface area contributed by atoms with Crippen molar-refractivity contribution in [3.63, 3.8) is 0 Å². The van der Waals surface area contributed by atoms with Crippen LogP contribution in [-0.4, -0.2) is 47.6 Å². The molecule has 0 bridgehead atoms. The van der Waals surface area contributed by atoms with Crippen LogP contribution in [0, 0.1) is 5.92 Å². The van der Waals surface area contributed by atoms with Crippen molar-refractivity contribution in [2.24, 2.45) is 5.92 Å². The highest BCUT2D eigenvalue weighted by Crippen LogP contribution is 2.31. The van der Waals surface area contributed by atoms with Crippen LogP contribution in [0.15, 0.2) is 36.9 Å². The number of ether oxygens (including phenoxy) is 4. The number of carbonyl (C=O) groups is 2. The van der Waals surface area contributed by atoms with E-state index in [2.05, 4.69) is 6.58 Å². The average Bonchev–Trinajstić information content (AvgIpc) is 2.67. The van der Waals surface area contributed by atoms with E-state index in [1.54, 1.807) is 48.7 Å². The predicted molar refractivity (Wildman–Crippen MR) is 122 cm³/mol. The number of hydrogen-bond donors (Lipinski definition) is 1. The molecule has 32 heavy (non-hydrogen) atoms. The first-order valence-corrected chi connectivity index (χ1v) is 10.7. The van der Waals surface area contributed by atoms with Crippen molar-refractivity contribution in [3.05, 3.63) is 42.5 Å². The topological polar surface area (TPSA) is 91.3 Å². The summed E-state index contributed by atoms with van der Waals surface area (Å²) in [5, 5.41) is 11.4. The normalized spacial score (nSPS) is 14.8. The number of aliphatic hydroxyl groups is 1. The van der Waals surface area contributed by atoms with Crippen LogP contribution in [0.1, 0.15) is 59.9 Å². The van der Waals surface area contributed by atoms with E-state index in [1.165, 1.54) is 6.08 Å². The molecule has 0 radical (unpaired) electrons. The van der Waals surface area contributed by atoms with Gasteiger partial charge in [0.1, 0.15) is 17.0 Å². The monoisotopic (exact) mass is 450 g/mol. The van der Waals surface area contributed by atoms with E-state index in [4.69, 9.17) is 18.9 Å². The Bertz CT molecular complexity index is 756. The summed E-state index contributed by atoms with van der Waals surface area (Å²) in [6.45, 7) is 14.2. The lowest BCUT2D eigenvalue weighted by Gasteiger charge is -2.36. The van der Waals surface area contributed by atoms with Crippen molar-refractivity contribution in [2.45, 2.75) is 77.8 Å². The molecule has 1 rings (SSSR count). The Labute approximate surface area is 191 Å². The molecular weight excluding hydrogens is 412 g/mol. The van der Waals surface area contributed by atoms with Crippen molar-refractivity contribution in [3.8, 4) is 5.75 Å². The second-order valence-electron chi connectivity index (χ2n) is 9.69. The summed E-state index contributed by atoms with van der Waals surface area (Å²) in [6, 6.07) is 7.36. The fourth-order valence-electron chi connectivity index (χ4n) is 2.95. The van der Waals surface area contributed by atoms with E-state index >= 15 is 0 Å². The van der Waals surface area contributed by atoms with Gasteiger partial charge < -0.3 is 24.1 Å². The van der Waals surface area contributed by atoms with E-state index in [9.17, 15) is 14.7 Å². The maximum Gasteiger partial charge on any atom is 0.339 e. The molecule has 0 aliphatic carbocycles. The molecule has 0 fully saturated rings. The van der Waals surface area contributed by atoms with Crippen molar-refractivity contribution >= 4 is 11.9 Å². The van der Waals surface area contributed by atoms with Crippen LogP contribution in [-0.2, 0) is 30.4 Å². The van der Waals surface area contributed by atoms with Crippen LogP contribution in [0.3, 0.4) is 0 Å². The first-order chi connectivity index (χ1) is 14.7. The Morgan fingerprint density at radius 1 is 1.03 bits per heavy atom. The van der Waals surface area contributed by atoms with Crippen molar-refractivity contribution < 1.29 is 33.6 Å². The third-order valence-corrected chi connectivity index (χ3v) is 4.48. The summed E-state index contributed by atoms with van der Waals surface area (Å²) >= 11 is 0. The Hall–Kier alpha value is -2.38. The molecule has 0 unspecified atom stereocenters. The van der Waals surface area contributed by atoms with Crippen molar-refractivity contribution in [1.29, 1.82) is 0 Å². The number of allylic oxidation sites excluding steroid dienone is 1. The molecule has 1 N–H and O–H groups in total. The highest BCUT2D eigenvalue weighted by Gasteiger charge is 2.50. The Kier molecular flexibility index (Phi) is 9.92. The SMILES string of the molecule is C=CC[C@@H](C(=O)OC(C)(C)C)[C@@](O)(CCOCc1ccc(OC)cc1)C(=O)OC(C)(C)C. The molecule has 0 saturated heterocycles. The second kappa shape index (κ2) is 11.5. The van der Waals surface area contributed by atoms with Gasteiger partial charge in [-0.3, -0.25) is 4.79 Å². The van der Waals surface area contributed by atoms with Gasteiger partial charge in [-0.1, -0.05) is 18.2 Å². The predicted octanol–water partition coefficient (Wildman–Crippen LogP) is 4.21. The molecule has 0 aliphatic heterocycles. The Morgan fingerprint density at radius 2 is 1.59 bits per heavy atom. The zero-order valence-corrected chi connectivity index (χ0v) is 20.4. The van der Waals surface area contributed by atoms with Crippen LogP contribution >= 0.6 is 0 Å². The van der Waals surface area contributed by atoms with Crippen molar-refractivity contribution in [1.82, 2.24) is 0 Å². The molecule has 180 valence electrons. The van der Waals surface area contributed by atoms with Gasteiger partial charge in [0.2, 0.25) is 0 Å². The number of carbonyl (C=O) groups excluding carboxylic acids is 2. The Balaban J connectivity index is 3.02. The van der Waals surface area contributed by atoms with E-state index < -0.39 is 34.7 Å². The molecule has 0 saturated carbocycles. The zero-order valence-electron chi connectivity index (χ0n) is 20.4. The average molecular weight is 451 g/mol. The zero-order chi connectivity index (χ0) is 24.6. The van der Waals surface area contributed by atoms with Crippen molar-refractivity contribution in [2.75, 3.05) is 13.7 Å². The van der Waals surface area contributed by atoms with E-state index in [-0.39, 0.29) is 26.1 Å². The molecule has 2 atom stereocenters. The maximum absolute atomic E-state index is 13.0. The number of esters is 2. The largest absolute Gasteiger partial charge is 0.497 e. The molecule has 0 aliphatic rings. The highest BCUT2D eigenvalue weighted by molar-refractivity contribution is 5.88. The molecule has 7 heteroatoms. The van der Waals surface area contributed by atoms with Gasteiger partial charge in [-0.2, -0.15) is 0 Å². The van der Waals surface area contributed by atoms with Gasteiger partial charge in [-0.25, -0.2) is 4.79 Å². The Morgan fingerprint density at radius 3 is 2.06 bits per heavy atom. The first-order valence-electron chi connectivity index (χ1n) is 10.7. The highest BCUT2D eigenvalue weighted by atomic mass is 16.6. The molecular formula is C25H38O7. The minimum Gasteiger partial charge on any atom is -0.497 e. The van der Waals surface area contributed by atoms with Gasteiger partial charge in [0.15, 0.2) is 5.60 Å². The summed E-state index contributed by atoms with van der Waals surface area (Å²) < 4.78 is 21.7. The van der Waals surface area contributed by atoms with E-state index in [0.29, 0.717) is 0 Å². The smallest absolute Gasteiger partial charge is 0.339 e. The maximum atomic E-state index is 13.0. The van der Waals surface area contributed by atoms with Gasteiger partial charge in [-0.15, -0.1) is 6.58 Å². The van der Waals surface area contributed by atoms with E-state index in [0.717, 1.165) is 11.3 Å². The van der Waals surface area contributed by atoms with Crippen LogP contribution in [0.5, 0.6) is 5.75 Å². The van der Waals surface area contributed by atoms with Gasteiger partial charge in [-0.05, 0) is 65.7 Å². The van der Waals surface area contributed by atoms with Crippen LogP contribution < -0.4 is 4.74 Å². The lowest BCUT2D eigenvalue weighted by molar-refractivity contribution is -0.196. The molecule has 1 aromatic carbocycles. The summed E-state index contributed by atoms with van der Waals surface area (Å²) in [4.78, 5) is 25.9. The van der Waals surface area contributed by atoms with Gasteiger partial charge >= 0.3 is 11.9 Å². The van der Waals surface area contributed by atoms with Crippen LogP contribution in [0.25, 0.3) is 0 Å². The third kappa shape index (κ3) is 9.01. The lowest BCUT2D eigenvalue weighted by atomic mass is 9.82. The second-order valence-corrected chi connectivity index (χ2v) is 9.69. The molecule has 0 heterocycles. The van der Waals surface area contributed by atoms with Crippen LogP contribution in [0.4, 0.5) is 0 Å². The quantitative estimate of drug-likeness (QED) is 0.307. The van der Waals surface area contributed by atoms with E-state index in [1.807, 2.05) is 24.3 Å². The molecule has 0 amide bonds. The molecule has 1 aromatic rings. The van der Waals surface area contributed by atoms with Gasteiger partial charge in [0.25, 0.3) is 0 Å². The summed E-state index contributed by atoms with van der Waals surface area (Å²) in [5.41, 5.74) is -2.86. The number of methoxy groups -OCH3 is 1. The number of benzene rings is 1. The third-order valence-electron chi connectivity index (χ3n) is 4.48. The minimum atomic E-state index is -2.14.